The van der Waals surface area contributed by atoms with Crippen molar-refractivity contribution in [1.82, 2.24) is 19.9 Å². The summed E-state index contributed by atoms with van der Waals surface area (Å²) < 4.78 is 63.4. The van der Waals surface area contributed by atoms with Gasteiger partial charge in [0.05, 0.1) is 43.3 Å². The summed E-state index contributed by atoms with van der Waals surface area (Å²) in [6.07, 6.45) is 4.79. The number of aryl methyl sites for hydroxylation is 1. The lowest BCUT2D eigenvalue weighted by Crippen LogP contribution is -2.40. The second kappa shape index (κ2) is 13.3. The number of fused-ring (bicyclic) bond motifs is 1. The van der Waals surface area contributed by atoms with Crippen molar-refractivity contribution in [1.29, 1.82) is 0 Å². The van der Waals surface area contributed by atoms with E-state index in [0.717, 1.165) is 12.4 Å². The van der Waals surface area contributed by atoms with Crippen molar-refractivity contribution in [2.24, 2.45) is 16.6 Å². The number of nitrogens with zero attached hydrogens (tertiary/aromatic N) is 6. The van der Waals surface area contributed by atoms with Gasteiger partial charge in [0.25, 0.3) is 16.0 Å². The van der Waals surface area contributed by atoms with Crippen molar-refractivity contribution in [3.8, 4) is 5.88 Å². The smallest absolute Gasteiger partial charge is 0.294 e. The number of carbonyl (C=O) groups excluding carboxylic acids is 1. The first-order valence-electron chi connectivity index (χ1n) is 13.6. The number of amidine groups is 1. The molecule has 0 saturated carbocycles. The molecular weight excluding hydrogens is 643 g/mol. The van der Waals surface area contributed by atoms with Crippen molar-refractivity contribution in [2.75, 3.05) is 36.2 Å². The first-order valence-corrected chi connectivity index (χ1v) is 16.0. The van der Waals surface area contributed by atoms with E-state index in [9.17, 15) is 17.6 Å². The summed E-state index contributed by atoms with van der Waals surface area (Å²) in [5, 5.41) is 3.06. The standard InChI is InChI=1S/C22H20F2N8O2S.C7H8O3S/c1-34-18-8-26-17(7-27-18)19(33)30-14-2-3-16(24)15(4-14)22-11-32(21-28-5-13(23)6-29-21)9-12(22)10-35-20(25)31-22;1-6-4-2-3-5-7(6)11(8,9)10/h2-8,12H,9-11H2,1H3,(H2,25,31)(H,30,33);2-5H,1H3,(H,8,9,10)/t12-,22-;/m0./s1. The van der Waals surface area contributed by atoms with Gasteiger partial charge in [0, 0.05) is 29.5 Å². The predicted molar refractivity (Wildman–Crippen MR) is 167 cm³/mol. The molecule has 0 aliphatic carbocycles. The summed E-state index contributed by atoms with van der Waals surface area (Å²) >= 11 is 1.39. The molecule has 2 aromatic carbocycles. The number of anilines is 2. The topological polar surface area (TPSA) is 186 Å². The van der Waals surface area contributed by atoms with E-state index in [4.69, 9.17) is 20.0 Å². The number of aliphatic imine (C=N–C) groups is 1. The number of halogens is 2. The van der Waals surface area contributed by atoms with Crippen LogP contribution in [0.3, 0.4) is 0 Å². The first-order chi connectivity index (χ1) is 21.9. The van der Waals surface area contributed by atoms with Gasteiger partial charge in [-0.05, 0) is 36.8 Å². The molecule has 2 aromatic heterocycles. The quantitative estimate of drug-likeness (QED) is 0.254. The Hall–Kier alpha value is -4.74. The monoisotopic (exact) mass is 670 g/mol. The Kier molecular flexibility index (Phi) is 9.45. The van der Waals surface area contributed by atoms with Crippen LogP contribution in [0, 0.1) is 24.5 Å². The molecule has 0 unspecified atom stereocenters. The number of aromatic nitrogens is 4. The number of nitrogens with two attached hydrogens (primary N) is 1. The molecule has 2 aliphatic heterocycles. The van der Waals surface area contributed by atoms with Crippen LogP contribution in [-0.4, -0.2) is 69.9 Å². The van der Waals surface area contributed by atoms with E-state index in [-0.39, 0.29) is 34.5 Å². The molecule has 2 atom stereocenters. The number of carbonyl (C=O) groups is 1. The number of hydrogen-bond donors (Lipinski definition) is 3. The fraction of sp³-hybridized carbons (Fsp3) is 0.241. The van der Waals surface area contributed by atoms with Crippen molar-refractivity contribution < 1.29 is 31.3 Å². The molecule has 1 saturated heterocycles. The van der Waals surface area contributed by atoms with E-state index in [0.29, 0.717) is 34.7 Å². The number of methoxy groups -OCH3 is 1. The zero-order valence-corrected chi connectivity index (χ0v) is 26.1. The fourth-order valence-corrected chi connectivity index (χ4v) is 6.84. The lowest BCUT2D eigenvalue weighted by atomic mass is 9.81. The molecular formula is C29H28F2N8O5S2. The first kappa shape index (κ1) is 32.6. The second-order valence-corrected chi connectivity index (χ2v) is 12.7. The van der Waals surface area contributed by atoms with Crippen LogP contribution >= 0.6 is 11.8 Å². The van der Waals surface area contributed by atoms with E-state index in [2.05, 4.69) is 25.3 Å². The molecule has 2 aliphatic rings. The summed E-state index contributed by atoms with van der Waals surface area (Å²) in [6.45, 7) is 2.35. The Morgan fingerprint density at radius 3 is 2.48 bits per heavy atom. The van der Waals surface area contributed by atoms with Crippen LogP contribution in [0.15, 0.2) is 77.1 Å². The minimum Gasteiger partial charge on any atom is -0.480 e. The highest BCUT2D eigenvalue weighted by molar-refractivity contribution is 8.13. The predicted octanol–water partition coefficient (Wildman–Crippen LogP) is 3.44. The van der Waals surface area contributed by atoms with Gasteiger partial charge >= 0.3 is 0 Å². The molecule has 17 heteroatoms. The Morgan fingerprint density at radius 1 is 1.11 bits per heavy atom. The van der Waals surface area contributed by atoms with Gasteiger partial charge in [-0.1, -0.05) is 30.0 Å². The zero-order chi connectivity index (χ0) is 33.1. The minimum atomic E-state index is -4.03. The van der Waals surface area contributed by atoms with Crippen LogP contribution in [-0.2, 0) is 15.7 Å². The molecule has 0 spiro atoms. The maximum atomic E-state index is 15.3. The van der Waals surface area contributed by atoms with Gasteiger partial charge < -0.3 is 20.7 Å². The Bertz CT molecular complexity index is 1880. The van der Waals surface area contributed by atoms with Crippen LogP contribution in [0.4, 0.5) is 20.4 Å². The van der Waals surface area contributed by atoms with Crippen molar-refractivity contribution in [3.63, 3.8) is 0 Å². The highest BCUT2D eigenvalue weighted by Gasteiger charge is 2.52. The summed E-state index contributed by atoms with van der Waals surface area (Å²) in [5.74, 6) is -0.469. The van der Waals surface area contributed by atoms with Gasteiger partial charge in [-0.15, -0.1) is 0 Å². The normalized spacial score (nSPS) is 18.9. The number of amides is 1. The summed E-state index contributed by atoms with van der Waals surface area (Å²) in [4.78, 5) is 35.3. The Labute approximate surface area is 267 Å². The van der Waals surface area contributed by atoms with E-state index in [1.807, 2.05) is 4.90 Å². The highest BCUT2D eigenvalue weighted by Crippen LogP contribution is 2.47. The average Bonchev–Trinajstić information content (AvgIpc) is 3.42. The maximum absolute atomic E-state index is 15.3. The maximum Gasteiger partial charge on any atom is 0.294 e. The largest absolute Gasteiger partial charge is 0.480 e. The van der Waals surface area contributed by atoms with Crippen molar-refractivity contribution >= 4 is 44.6 Å². The molecule has 1 amide bonds. The zero-order valence-electron chi connectivity index (χ0n) is 24.5. The van der Waals surface area contributed by atoms with Gasteiger partial charge in [0.1, 0.15) is 17.1 Å². The Morgan fingerprint density at radius 2 is 1.85 bits per heavy atom. The Balaban J connectivity index is 0.000000322. The second-order valence-electron chi connectivity index (χ2n) is 10.3. The lowest BCUT2D eigenvalue weighted by Gasteiger charge is -2.35. The third kappa shape index (κ3) is 7.05. The molecule has 13 nitrogen and oxygen atoms in total. The summed E-state index contributed by atoms with van der Waals surface area (Å²) in [6, 6.07) is 10.6. The van der Waals surface area contributed by atoms with Crippen LogP contribution in [0.2, 0.25) is 0 Å². The van der Waals surface area contributed by atoms with Crippen molar-refractivity contribution in [3.05, 3.63) is 95.7 Å². The fourth-order valence-electron chi connectivity index (χ4n) is 5.13. The summed E-state index contributed by atoms with van der Waals surface area (Å²) in [5.41, 5.74) is 6.32. The summed E-state index contributed by atoms with van der Waals surface area (Å²) in [7, 11) is -2.59. The number of nitrogens with one attached hydrogen (secondary N) is 1. The molecule has 0 bridgehead atoms. The number of hydrogen-bond acceptors (Lipinski definition) is 12. The van der Waals surface area contributed by atoms with E-state index >= 15 is 4.39 Å². The number of benzene rings is 2. The molecule has 6 rings (SSSR count). The van der Waals surface area contributed by atoms with Crippen LogP contribution < -0.4 is 20.7 Å². The number of ether oxygens (including phenoxy) is 1. The van der Waals surface area contributed by atoms with Crippen LogP contribution in [0.1, 0.15) is 21.6 Å². The van der Waals surface area contributed by atoms with Crippen LogP contribution in [0.5, 0.6) is 5.88 Å². The SMILES string of the molecule is COc1cnc(C(=O)Nc2ccc(F)c([C@]34CN(c5ncc(F)cn5)C[C@H]3CSC(N)=N4)c2)cn1.Cc1ccccc1S(=O)(=O)O. The van der Waals surface area contributed by atoms with Crippen LogP contribution in [0.25, 0.3) is 0 Å². The molecule has 240 valence electrons. The third-order valence-electron chi connectivity index (χ3n) is 7.31. The minimum absolute atomic E-state index is 0.0278. The van der Waals surface area contributed by atoms with Gasteiger partial charge in [0.2, 0.25) is 11.8 Å². The molecule has 0 radical (unpaired) electrons. The molecule has 1 fully saturated rings. The van der Waals surface area contributed by atoms with Gasteiger partial charge in [-0.2, -0.15) is 8.42 Å². The number of rotatable bonds is 6. The van der Waals surface area contributed by atoms with E-state index in [1.54, 1.807) is 31.2 Å². The van der Waals surface area contributed by atoms with Gasteiger partial charge in [-0.25, -0.2) is 33.7 Å². The molecule has 4 heterocycles. The molecule has 4 N–H and O–H groups in total. The van der Waals surface area contributed by atoms with Crippen molar-refractivity contribution in [2.45, 2.75) is 17.4 Å². The molecule has 4 aromatic rings. The van der Waals surface area contributed by atoms with Gasteiger partial charge in [0.15, 0.2) is 11.0 Å². The van der Waals surface area contributed by atoms with E-state index in [1.165, 1.54) is 49.5 Å². The highest BCUT2D eigenvalue weighted by atomic mass is 32.2. The third-order valence-corrected chi connectivity index (χ3v) is 9.28. The lowest BCUT2D eigenvalue weighted by molar-refractivity contribution is 0.102. The number of thioether (sulfide) groups is 1. The average molecular weight is 671 g/mol. The van der Waals surface area contributed by atoms with E-state index < -0.39 is 33.2 Å². The van der Waals surface area contributed by atoms with Gasteiger partial charge in [-0.3, -0.25) is 9.35 Å². The molecule has 46 heavy (non-hydrogen) atoms.